The third-order valence-corrected chi connectivity index (χ3v) is 7.32. The lowest BCUT2D eigenvalue weighted by atomic mass is 9.64. The van der Waals surface area contributed by atoms with Crippen molar-refractivity contribution in [1.82, 2.24) is 5.32 Å². The Hall–Kier alpha value is -1.49. The molecular formula is C24H28BrClN2O. The number of benzene rings is 2. The van der Waals surface area contributed by atoms with Crippen LogP contribution in [0, 0.1) is 0 Å². The molecule has 0 aromatic heterocycles. The Balaban J connectivity index is 1.51. The van der Waals surface area contributed by atoms with Crippen molar-refractivity contribution in [3.05, 3.63) is 68.8 Å². The van der Waals surface area contributed by atoms with Crippen molar-refractivity contribution in [2.45, 2.75) is 63.1 Å². The summed E-state index contributed by atoms with van der Waals surface area (Å²) in [5.41, 5.74) is 10.4. The van der Waals surface area contributed by atoms with Gasteiger partial charge in [-0.2, -0.15) is 0 Å². The second-order valence-electron chi connectivity index (χ2n) is 8.19. The van der Waals surface area contributed by atoms with E-state index in [1.54, 1.807) is 0 Å². The minimum atomic E-state index is 0.00639. The number of hydrogen-bond donors (Lipinski definition) is 2. The van der Waals surface area contributed by atoms with Crippen LogP contribution in [0.15, 0.2) is 47.1 Å². The molecule has 2 aliphatic rings. The van der Waals surface area contributed by atoms with Crippen LogP contribution in [0.2, 0.25) is 5.02 Å². The predicted octanol–water partition coefficient (Wildman–Crippen LogP) is 6.17. The number of hydrogen-bond acceptors (Lipinski definition) is 3. The van der Waals surface area contributed by atoms with Gasteiger partial charge in [-0.1, -0.05) is 46.6 Å². The molecule has 1 heterocycles. The van der Waals surface area contributed by atoms with Gasteiger partial charge >= 0.3 is 0 Å². The predicted molar refractivity (Wildman–Crippen MR) is 124 cm³/mol. The molecule has 0 bridgehead atoms. The van der Waals surface area contributed by atoms with E-state index in [0.717, 1.165) is 48.9 Å². The Kier molecular flexibility index (Phi) is 6.24. The zero-order chi connectivity index (χ0) is 20.4. The first-order chi connectivity index (χ1) is 14.0. The summed E-state index contributed by atoms with van der Waals surface area (Å²) in [6, 6.07) is 12.9. The molecule has 5 heteroatoms. The number of fused-ring (bicyclic) bond motifs is 1. The summed E-state index contributed by atoms with van der Waals surface area (Å²) in [4.78, 5) is 0. The van der Waals surface area contributed by atoms with Crippen LogP contribution in [0.1, 0.15) is 55.7 Å². The van der Waals surface area contributed by atoms with Crippen molar-refractivity contribution in [1.29, 1.82) is 0 Å². The van der Waals surface area contributed by atoms with Crippen LogP contribution in [-0.4, -0.2) is 12.1 Å². The Morgan fingerprint density at radius 3 is 2.79 bits per heavy atom. The zero-order valence-corrected chi connectivity index (χ0v) is 19.1. The third-order valence-electron chi connectivity index (χ3n) is 6.53. The molecule has 1 fully saturated rings. The first-order valence-electron chi connectivity index (χ1n) is 10.4. The molecule has 1 saturated carbocycles. The second-order valence-corrected chi connectivity index (χ2v) is 9.52. The quantitative estimate of drug-likeness (QED) is 0.543. The molecule has 0 radical (unpaired) electrons. The van der Waals surface area contributed by atoms with Crippen molar-refractivity contribution in [3.63, 3.8) is 0 Å². The van der Waals surface area contributed by atoms with E-state index in [4.69, 9.17) is 22.1 Å². The Bertz CT molecular complexity index is 906. The lowest BCUT2D eigenvalue weighted by Gasteiger charge is -2.44. The van der Waals surface area contributed by atoms with Crippen LogP contribution in [0.4, 0.5) is 0 Å². The first kappa shape index (κ1) is 20.8. The van der Waals surface area contributed by atoms with Crippen LogP contribution in [-0.2, 0) is 12.0 Å². The van der Waals surface area contributed by atoms with Gasteiger partial charge in [-0.05, 0) is 85.3 Å². The SMILES string of the molecule is CCC(N)C1(c2cccc(Br)c2)CCC(Oc2cc3c(cc2Cl)CNC=C3)CC1. The molecule has 1 atom stereocenters. The van der Waals surface area contributed by atoms with Crippen molar-refractivity contribution >= 4 is 33.6 Å². The molecule has 2 aromatic rings. The van der Waals surface area contributed by atoms with E-state index in [9.17, 15) is 0 Å². The van der Waals surface area contributed by atoms with Gasteiger partial charge in [0.05, 0.1) is 11.1 Å². The van der Waals surface area contributed by atoms with Crippen molar-refractivity contribution in [2.75, 3.05) is 0 Å². The van der Waals surface area contributed by atoms with Gasteiger partial charge in [-0.3, -0.25) is 0 Å². The van der Waals surface area contributed by atoms with Gasteiger partial charge in [0.25, 0.3) is 0 Å². The van der Waals surface area contributed by atoms with Crippen molar-refractivity contribution < 1.29 is 4.74 Å². The molecule has 2 aromatic carbocycles. The first-order valence-corrected chi connectivity index (χ1v) is 11.6. The fourth-order valence-corrected chi connectivity index (χ4v) is 5.42. The Morgan fingerprint density at radius 1 is 1.28 bits per heavy atom. The molecular weight excluding hydrogens is 448 g/mol. The summed E-state index contributed by atoms with van der Waals surface area (Å²) in [7, 11) is 0. The standard InChI is InChI=1S/C24H28BrClN2O/c1-2-23(27)24(18-4-3-5-19(25)14-18)9-6-20(7-10-24)29-22-13-16-8-11-28-15-17(16)12-21(22)26/h3-5,8,11-14,20,23,28H,2,6-7,9-10,15,27H2,1H3. The maximum absolute atomic E-state index is 6.67. The molecule has 3 nitrogen and oxygen atoms in total. The summed E-state index contributed by atoms with van der Waals surface area (Å²) in [5, 5.41) is 3.91. The molecule has 3 N–H and O–H groups in total. The maximum Gasteiger partial charge on any atom is 0.138 e. The lowest BCUT2D eigenvalue weighted by molar-refractivity contribution is 0.103. The lowest BCUT2D eigenvalue weighted by Crippen LogP contribution is -2.48. The zero-order valence-electron chi connectivity index (χ0n) is 16.8. The number of ether oxygens (including phenoxy) is 1. The highest BCUT2D eigenvalue weighted by molar-refractivity contribution is 9.10. The van der Waals surface area contributed by atoms with Gasteiger partial charge in [0.1, 0.15) is 5.75 Å². The van der Waals surface area contributed by atoms with E-state index in [2.05, 4.69) is 64.6 Å². The average molecular weight is 476 g/mol. The second kappa shape index (κ2) is 8.71. The fraction of sp³-hybridized carbons (Fsp3) is 0.417. The minimum absolute atomic E-state index is 0.00639. The third kappa shape index (κ3) is 4.21. The highest BCUT2D eigenvalue weighted by Crippen LogP contribution is 2.44. The summed E-state index contributed by atoms with van der Waals surface area (Å²) in [5.74, 6) is 0.789. The van der Waals surface area contributed by atoms with E-state index < -0.39 is 0 Å². The smallest absolute Gasteiger partial charge is 0.138 e. The Labute approximate surface area is 186 Å². The van der Waals surface area contributed by atoms with Crippen LogP contribution in [0.5, 0.6) is 5.75 Å². The maximum atomic E-state index is 6.67. The largest absolute Gasteiger partial charge is 0.489 e. The highest BCUT2D eigenvalue weighted by atomic mass is 79.9. The molecule has 154 valence electrons. The molecule has 1 unspecified atom stereocenters. The molecule has 1 aliphatic carbocycles. The molecule has 0 saturated heterocycles. The molecule has 4 rings (SSSR count). The van der Waals surface area contributed by atoms with Crippen molar-refractivity contribution in [2.24, 2.45) is 5.73 Å². The minimum Gasteiger partial charge on any atom is -0.489 e. The van der Waals surface area contributed by atoms with E-state index in [1.807, 2.05) is 12.3 Å². The molecule has 0 spiro atoms. The molecule has 1 aliphatic heterocycles. The van der Waals surface area contributed by atoms with Gasteiger partial charge in [-0.25, -0.2) is 0 Å². The molecule has 0 amide bonds. The number of rotatable bonds is 5. The number of nitrogens with one attached hydrogen (secondary N) is 1. The summed E-state index contributed by atoms with van der Waals surface area (Å²) < 4.78 is 7.49. The molecule has 29 heavy (non-hydrogen) atoms. The normalized spacial score (nSPS) is 24.5. The summed E-state index contributed by atoms with van der Waals surface area (Å²) >= 11 is 10.1. The van der Waals surface area contributed by atoms with Gasteiger partial charge in [0.2, 0.25) is 0 Å². The van der Waals surface area contributed by atoms with E-state index in [0.29, 0.717) is 5.02 Å². The van der Waals surface area contributed by atoms with Gasteiger partial charge in [-0.15, -0.1) is 0 Å². The topological polar surface area (TPSA) is 47.3 Å². The fourth-order valence-electron chi connectivity index (χ4n) is 4.79. The van der Waals surface area contributed by atoms with Crippen LogP contribution in [0.3, 0.4) is 0 Å². The van der Waals surface area contributed by atoms with Crippen LogP contribution < -0.4 is 15.8 Å². The average Bonchev–Trinajstić information content (AvgIpc) is 2.74. The van der Waals surface area contributed by atoms with Crippen LogP contribution in [0.25, 0.3) is 6.08 Å². The number of nitrogens with two attached hydrogens (primary N) is 1. The summed E-state index contributed by atoms with van der Waals surface area (Å²) in [6.45, 7) is 2.99. The van der Waals surface area contributed by atoms with E-state index in [1.165, 1.54) is 16.7 Å². The van der Waals surface area contributed by atoms with E-state index >= 15 is 0 Å². The number of halogens is 2. The highest BCUT2D eigenvalue weighted by Gasteiger charge is 2.41. The van der Waals surface area contributed by atoms with Gasteiger partial charge in [0, 0.05) is 22.5 Å². The van der Waals surface area contributed by atoms with Crippen LogP contribution >= 0.6 is 27.5 Å². The Morgan fingerprint density at radius 2 is 2.07 bits per heavy atom. The van der Waals surface area contributed by atoms with Crippen molar-refractivity contribution in [3.8, 4) is 5.75 Å². The van der Waals surface area contributed by atoms with Gasteiger partial charge in [0.15, 0.2) is 0 Å². The van der Waals surface area contributed by atoms with E-state index in [-0.39, 0.29) is 17.6 Å². The summed E-state index contributed by atoms with van der Waals surface area (Å²) in [6.07, 6.45) is 9.18. The van der Waals surface area contributed by atoms with Gasteiger partial charge < -0.3 is 15.8 Å². The monoisotopic (exact) mass is 474 g/mol.